The van der Waals surface area contributed by atoms with Crippen LogP contribution in [0.4, 0.5) is 0 Å². The van der Waals surface area contributed by atoms with Gasteiger partial charge in [-0.3, -0.25) is 14.4 Å². The fraction of sp³-hybridized carbons (Fsp3) is 0.304. The molecule has 0 radical (unpaired) electrons. The van der Waals surface area contributed by atoms with Crippen LogP contribution in [0.25, 0.3) is 0 Å². The number of esters is 1. The molecule has 5 atom stereocenters. The molecule has 0 saturated carbocycles. The quantitative estimate of drug-likeness (QED) is 0.292. The molecule has 2 aliphatic rings. The van der Waals surface area contributed by atoms with Gasteiger partial charge in [-0.25, -0.2) is 4.79 Å². The SMILES string of the molecule is CC(=O)OC[C@H]1O[C@@H](Oc2cc(C(=O)O)cc3c2C(=O)c2c(O)cccc2C3=O)[C@H](O)[C@@H](O)[C@@H]1O. The molecule has 12 nitrogen and oxygen atoms in total. The fourth-order valence-corrected chi connectivity index (χ4v) is 3.96. The Morgan fingerprint density at radius 1 is 0.971 bits per heavy atom. The molecule has 4 rings (SSSR count). The van der Waals surface area contributed by atoms with Crippen LogP contribution < -0.4 is 4.74 Å². The Labute approximate surface area is 196 Å². The van der Waals surface area contributed by atoms with E-state index in [9.17, 15) is 44.7 Å². The maximum Gasteiger partial charge on any atom is 0.335 e. The zero-order valence-corrected chi connectivity index (χ0v) is 18.1. The van der Waals surface area contributed by atoms with Gasteiger partial charge in [0.2, 0.25) is 12.1 Å². The van der Waals surface area contributed by atoms with E-state index in [0.29, 0.717) is 0 Å². The van der Waals surface area contributed by atoms with Gasteiger partial charge in [0.25, 0.3) is 0 Å². The second-order valence-corrected chi connectivity index (χ2v) is 8.00. The van der Waals surface area contributed by atoms with Crippen LogP contribution in [-0.4, -0.2) is 86.4 Å². The van der Waals surface area contributed by atoms with Crippen molar-refractivity contribution in [3.05, 3.63) is 58.1 Å². The predicted octanol–water partition coefficient (Wildman–Crippen LogP) is -0.385. The van der Waals surface area contributed by atoms with E-state index in [-0.39, 0.29) is 22.3 Å². The molecule has 184 valence electrons. The van der Waals surface area contributed by atoms with Crippen molar-refractivity contribution in [1.29, 1.82) is 0 Å². The first kappa shape index (κ1) is 24.3. The summed E-state index contributed by atoms with van der Waals surface area (Å²) < 4.78 is 15.8. The number of phenols is 1. The van der Waals surface area contributed by atoms with Crippen LogP contribution in [0.3, 0.4) is 0 Å². The summed E-state index contributed by atoms with van der Waals surface area (Å²) in [5.74, 6) is -4.70. The molecule has 0 spiro atoms. The number of fused-ring (bicyclic) bond motifs is 2. The van der Waals surface area contributed by atoms with Gasteiger partial charge in [-0.2, -0.15) is 0 Å². The smallest absolute Gasteiger partial charge is 0.335 e. The molecule has 1 fully saturated rings. The highest BCUT2D eigenvalue weighted by molar-refractivity contribution is 6.30. The van der Waals surface area contributed by atoms with Crippen LogP contribution >= 0.6 is 0 Å². The number of aliphatic hydroxyl groups excluding tert-OH is 3. The summed E-state index contributed by atoms with van der Waals surface area (Å²) in [7, 11) is 0. The molecule has 2 aromatic carbocycles. The minimum atomic E-state index is -1.88. The van der Waals surface area contributed by atoms with Gasteiger partial charge in [-0.1, -0.05) is 12.1 Å². The Balaban J connectivity index is 1.77. The van der Waals surface area contributed by atoms with Crippen molar-refractivity contribution in [1.82, 2.24) is 0 Å². The number of ether oxygens (including phenoxy) is 3. The molecule has 1 heterocycles. The average molecular weight is 488 g/mol. The molecule has 1 aliphatic heterocycles. The Hall–Kier alpha value is -3.84. The molecule has 2 aromatic rings. The number of carboxylic acid groups (broad SMARTS) is 1. The summed E-state index contributed by atoms with van der Waals surface area (Å²) in [5, 5.41) is 50.5. The van der Waals surface area contributed by atoms with E-state index in [1.54, 1.807) is 0 Å². The van der Waals surface area contributed by atoms with E-state index in [1.165, 1.54) is 18.2 Å². The molecule has 12 heteroatoms. The minimum absolute atomic E-state index is 0.134. The van der Waals surface area contributed by atoms with Crippen LogP contribution in [0.15, 0.2) is 30.3 Å². The van der Waals surface area contributed by atoms with Gasteiger partial charge in [0.05, 0.1) is 16.7 Å². The van der Waals surface area contributed by atoms with Gasteiger partial charge >= 0.3 is 11.9 Å². The molecule has 5 N–H and O–H groups in total. The summed E-state index contributed by atoms with van der Waals surface area (Å²) in [5.41, 5.74) is -1.57. The Bertz CT molecular complexity index is 1240. The highest BCUT2D eigenvalue weighted by Crippen LogP contribution is 2.39. The number of carboxylic acids is 1. The number of aliphatic hydroxyl groups is 3. The minimum Gasteiger partial charge on any atom is -0.507 e. The lowest BCUT2D eigenvalue weighted by Gasteiger charge is -2.40. The largest absolute Gasteiger partial charge is 0.507 e. The third kappa shape index (κ3) is 4.23. The molecular weight excluding hydrogens is 468 g/mol. The molecule has 0 bridgehead atoms. The number of carbonyl (C=O) groups excluding carboxylic acids is 3. The first-order valence-electron chi connectivity index (χ1n) is 10.3. The van der Waals surface area contributed by atoms with E-state index >= 15 is 0 Å². The van der Waals surface area contributed by atoms with E-state index in [0.717, 1.165) is 19.1 Å². The topological polar surface area (TPSA) is 197 Å². The second-order valence-electron chi connectivity index (χ2n) is 8.00. The number of aromatic carboxylic acids is 1. The van der Waals surface area contributed by atoms with Crippen molar-refractivity contribution in [2.24, 2.45) is 0 Å². The van der Waals surface area contributed by atoms with Crippen LogP contribution in [0.1, 0.15) is 49.1 Å². The Kier molecular flexibility index (Phi) is 6.30. The third-order valence-corrected chi connectivity index (χ3v) is 5.70. The van der Waals surface area contributed by atoms with Crippen molar-refractivity contribution in [3.8, 4) is 11.5 Å². The average Bonchev–Trinajstić information content (AvgIpc) is 2.81. The number of hydrogen-bond acceptors (Lipinski definition) is 11. The van der Waals surface area contributed by atoms with Gasteiger partial charge in [0.1, 0.15) is 42.5 Å². The van der Waals surface area contributed by atoms with E-state index < -0.39 is 77.9 Å². The van der Waals surface area contributed by atoms with Gasteiger partial charge in [-0.15, -0.1) is 0 Å². The maximum absolute atomic E-state index is 13.3. The van der Waals surface area contributed by atoms with E-state index in [2.05, 4.69) is 0 Å². The first-order valence-corrected chi connectivity index (χ1v) is 10.3. The highest BCUT2D eigenvalue weighted by atomic mass is 16.7. The van der Waals surface area contributed by atoms with Crippen LogP contribution in [0.2, 0.25) is 0 Å². The van der Waals surface area contributed by atoms with Crippen molar-refractivity contribution in [3.63, 3.8) is 0 Å². The zero-order chi connectivity index (χ0) is 25.6. The number of rotatable bonds is 5. The number of ketones is 2. The van der Waals surface area contributed by atoms with Gasteiger partial charge in [0.15, 0.2) is 5.78 Å². The van der Waals surface area contributed by atoms with Crippen molar-refractivity contribution >= 4 is 23.5 Å². The predicted molar refractivity (Wildman–Crippen MR) is 112 cm³/mol. The second kappa shape index (κ2) is 9.07. The molecule has 0 unspecified atom stereocenters. The fourth-order valence-electron chi connectivity index (χ4n) is 3.96. The monoisotopic (exact) mass is 488 g/mol. The number of aromatic hydroxyl groups is 1. The van der Waals surface area contributed by atoms with Crippen molar-refractivity contribution in [2.75, 3.05) is 6.61 Å². The Morgan fingerprint density at radius 2 is 1.69 bits per heavy atom. The third-order valence-electron chi connectivity index (χ3n) is 5.70. The lowest BCUT2D eigenvalue weighted by Crippen LogP contribution is -2.60. The maximum atomic E-state index is 13.3. The summed E-state index contributed by atoms with van der Waals surface area (Å²) in [6, 6.07) is 5.76. The van der Waals surface area contributed by atoms with Gasteiger partial charge in [-0.05, 0) is 18.2 Å². The van der Waals surface area contributed by atoms with Crippen molar-refractivity contribution in [2.45, 2.75) is 37.6 Å². The summed E-state index contributed by atoms with van der Waals surface area (Å²) in [6.07, 6.45) is -8.48. The number of phenolic OH excluding ortho intramolecular Hbond substituents is 1. The lowest BCUT2D eigenvalue weighted by molar-refractivity contribution is -0.278. The number of benzene rings is 2. The zero-order valence-electron chi connectivity index (χ0n) is 18.1. The van der Waals surface area contributed by atoms with Crippen LogP contribution in [0.5, 0.6) is 11.5 Å². The van der Waals surface area contributed by atoms with Gasteiger partial charge < -0.3 is 39.7 Å². The standard InChI is InChI=1S/C23H20O12/c1-8(24)33-7-14-18(27)20(29)21(30)23(35-14)34-13-6-9(22(31)32)5-11-16(13)19(28)15-10(17(11)26)3-2-4-12(15)25/h2-6,14,18,20-21,23,25,27,29-30H,7H2,1H3,(H,31,32)/t14-,18-,20+,21-,23-/m1/s1. The molecular formula is C23H20O12. The highest BCUT2D eigenvalue weighted by Gasteiger charge is 2.46. The van der Waals surface area contributed by atoms with E-state index in [1.807, 2.05) is 0 Å². The summed E-state index contributed by atoms with van der Waals surface area (Å²) >= 11 is 0. The normalized spacial score (nSPS) is 25.4. The van der Waals surface area contributed by atoms with Crippen LogP contribution in [-0.2, 0) is 14.3 Å². The number of hydrogen-bond donors (Lipinski definition) is 5. The van der Waals surface area contributed by atoms with Gasteiger partial charge in [0, 0.05) is 18.1 Å². The van der Waals surface area contributed by atoms with E-state index in [4.69, 9.17) is 14.2 Å². The lowest BCUT2D eigenvalue weighted by atomic mass is 9.82. The molecule has 0 aromatic heterocycles. The summed E-state index contributed by atoms with van der Waals surface area (Å²) in [6.45, 7) is 0.597. The van der Waals surface area contributed by atoms with Crippen molar-refractivity contribution < 1.29 is 58.9 Å². The molecule has 0 amide bonds. The molecule has 35 heavy (non-hydrogen) atoms. The number of carbonyl (C=O) groups is 4. The Morgan fingerprint density at radius 3 is 2.34 bits per heavy atom. The van der Waals surface area contributed by atoms with Crippen LogP contribution in [0, 0.1) is 0 Å². The summed E-state index contributed by atoms with van der Waals surface area (Å²) in [4.78, 5) is 49.1. The molecule has 1 aliphatic carbocycles. The first-order chi connectivity index (χ1) is 16.5. The molecule has 1 saturated heterocycles.